The molecule has 2 aliphatic rings. The summed E-state index contributed by atoms with van der Waals surface area (Å²) >= 11 is 0. The highest BCUT2D eigenvalue weighted by molar-refractivity contribution is 5.77. The Morgan fingerprint density at radius 1 is 1.14 bits per heavy atom. The Kier molecular flexibility index (Phi) is 7.27. The van der Waals surface area contributed by atoms with Gasteiger partial charge < -0.3 is 19.3 Å². The van der Waals surface area contributed by atoms with Crippen molar-refractivity contribution in [2.45, 2.75) is 50.7 Å². The van der Waals surface area contributed by atoms with E-state index in [9.17, 15) is 18.0 Å². The summed E-state index contributed by atoms with van der Waals surface area (Å²) in [6, 6.07) is 5.10. The van der Waals surface area contributed by atoms with Crippen LogP contribution in [0.2, 0.25) is 0 Å². The quantitative estimate of drug-likeness (QED) is 0.651. The van der Waals surface area contributed by atoms with Crippen molar-refractivity contribution in [3.05, 3.63) is 23.8 Å². The number of amides is 1. The van der Waals surface area contributed by atoms with Gasteiger partial charge in [0.2, 0.25) is 5.91 Å². The van der Waals surface area contributed by atoms with Gasteiger partial charge in [-0.25, -0.2) is 0 Å². The number of halogens is 3. The van der Waals surface area contributed by atoms with Crippen LogP contribution in [-0.2, 0) is 11.2 Å². The second-order valence-corrected chi connectivity index (χ2v) is 7.78. The number of carbonyl (C=O) groups excluding carboxylic acids is 1. The summed E-state index contributed by atoms with van der Waals surface area (Å²) in [6.45, 7) is 2.66. The first kappa shape index (κ1) is 21.7. The first-order valence-electron chi connectivity index (χ1n) is 10.2. The highest BCUT2D eigenvalue weighted by Crippen LogP contribution is 2.30. The first-order chi connectivity index (χ1) is 13.9. The second-order valence-electron chi connectivity index (χ2n) is 7.78. The Hall–Kier alpha value is -1.96. The molecule has 5 nitrogen and oxygen atoms in total. The van der Waals surface area contributed by atoms with Crippen molar-refractivity contribution in [3.63, 3.8) is 0 Å². The molecule has 0 bridgehead atoms. The number of hydrogen-bond acceptors (Lipinski definition) is 4. The molecule has 0 radical (unpaired) electrons. The maximum Gasteiger partial charge on any atom is 0.422 e. The summed E-state index contributed by atoms with van der Waals surface area (Å²) in [5.41, 5.74) is 0.838. The van der Waals surface area contributed by atoms with E-state index in [4.69, 9.17) is 9.47 Å². The van der Waals surface area contributed by atoms with Gasteiger partial charge >= 0.3 is 6.18 Å². The molecule has 1 aromatic carbocycles. The molecule has 2 heterocycles. The molecule has 1 amide bonds. The number of ether oxygens (including phenoxy) is 2. The van der Waals surface area contributed by atoms with Crippen LogP contribution in [0.15, 0.2) is 18.2 Å². The Balaban J connectivity index is 1.53. The summed E-state index contributed by atoms with van der Waals surface area (Å²) in [5, 5.41) is 0. The van der Waals surface area contributed by atoms with Gasteiger partial charge in [0.05, 0.1) is 7.11 Å². The van der Waals surface area contributed by atoms with E-state index in [-0.39, 0.29) is 17.4 Å². The Labute approximate surface area is 169 Å². The lowest BCUT2D eigenvalue weighted by Gasteiger charge is -2.28. The third-order valence-electron chi connectivity index (χ3n) is 5.61. The molecule has 0 spiro atoms. The smallest absolute Gasteiger partial charge is 0.422 e. The van der Waals surface area contributed by atoms with Crippen molar-refractivity contribution in [3.8, 4) is 11.5 Å². The second kappa shape index (κ2) is 9.69. The summed E-state index contributed by atoms with van der Waals surface area (Å²) in [5.74, 6) is 0.431. The van der Waals surface area contributed by atoms with E-state index >= 15 is 0 Å². The minimum absolute atomic E-state index is 0.0464. The van der Waals surface area contributed by atoms with Gasteiger partial charge in [-0.2, -0.15) is 13.2 Å². The van der Waals surface area contributed by atoms with E-state index in [1.807, 2.05) is 4.90 Å². The molecule has 1 atom stereocenters. The van der Waals surface area contributed by atoms with E-state index in [1.165, 1.54) is 26.0 Å². The minimum Gasteiger partial charge on any atom is -0.493 e. The van der Waals surface area contributed by atoms with Gasteiger partial charge in [0.25, 0.3) is 0 Å². The fourth-order valence-electron chi connectivity index (χ4n) is 4.16. The number of nitrogens with zero attached hydrogens (tertiary/aromatic N) is 2. The zero-order valence-electron chi connectivity index (χ0n) is 16.8. The number of hydrogen-bond donors (Lipinski definition) is 0. The molecule has 2 aliphatic heterocycles. The number of carbonyl (C=O) groups is 1. The molecule has 8 heteroatoms. The van der Waals surface area contributed by atoms with Crippen molar-refractivity contribution in [1.82, 2.24) is 9.80 Å². The van der Waals surface area contributed by atoms with Crippen LogP contribution in [0.5, 0.6) is 11.5 Å². The standard InChI is InChI=1S/C21H29F3N2O3/c1-28-19-13-16(6-8-18(19)29-15-21(22,23)24)7-9-20(27)26-12-4-5-17(26)14-25-10-2-3-11-25/h6,8,13,17H,2-5,7,9-12,14-15H2,1H3. The molecule has 0 saturated carbocycles. The van der Waals surface area contributed by atoms with Gasteiger partial charge in [-0.3, -0.25) is 4.79 Å². The maximum absolute atomic E-state index is 12.8. The Morgan fingerprint density at radius 3 is 2.59 bits per heavy atom. The van der Waals surface area contributed by atoms with Crippen molar-refractivity contribution in [2.75, 3.05) is 39.9 Å². The Morgan fingerprint density at radius 2 is 1.90 bits per heavy atom. The lowest BCUT2D eigenvalue weighted by molar-refractivity contribution is -0.153. The summed E-state index contributed by atoms with van der Waals surface area (Å²) in [4.78, 5) is 17.2. The normalized spacial score (nSPS) is 20.3. The van der Waals surface area contributed by atoms with Gasteiger partial charge in [-0.05, 0) is 62.9 Å². The van der Waals surface area contributed by atoms with Gasteiger partial charge in [0.1, 0.15) is 0 Å². The number of benzene rings is 1. The molecule has 0 aromatic heterocycles. The third kappa shape index (κ3) is 6.26. The van der Waals surface area contributed by atoms with Crippen molar-refractivity contribution < 1.29 is 27.4 Å². The molecule has 2 fully saturated rings. The predicted octanol–water partition coefficient (Wildman–Crippen LogP) is 3.66. The highest BCUT2D eigenvalue weighted by Gasteiger charge is 2.31. The number of rotatable bonds is 8. The van der Waals surface area contributed by atoms with Gasteiger partial charge in [-0.15, -0.1) is 0 Å². The molecule has 29 heavy (non-hydrogen) atoms. The van der Waals surface area contributed by atoms with Crippen LogP contribution in [0.25, 0.3) is 0 Å². The SMILES string of the molecule is COc1cc(CCC(=O)N2CCCC2CN2CCCC2)ccc1OCC(F)(F)F. The average Bonchev–Trinajstić information content (AvgIpc) is 3.36. The molecule has 0 aliphatic carbocycles. The summed E-state index contributed by atoms with van der Waals surface area (Å²) in [6.07, 6.45) is 1.07. The van der Waals surface area contributed by atoms with Crippen LogP contribution < -0.4 is 9.47 Å². The van der Waals surface area contributed by atoms with E-state index < -0.39 is 12.8 Å². The Bertz CT molecular complexity index is 690. The number of alkyl halides is 3. The van der Waals surface area contributed by atoms with Crippen molar-refractivity contribution in [1.29, 1.82) is 0 Å². The zero-order chi connectivity index (χ0) is 20.9. The van der Waals surface area contributed by atoms with Crippen molar-refractivity contribution in [2.24, 2.45) is 0 Å². The van der Waals surface area contributed by atoms with E-state index in [2.05, 4.69) is 4.90 Å². The molecular weight excluding hydrogens is 385 g/mol. The highest BCUT2D eigenvalue weighted by atomic mass is 19.4. The lowest BCUT2D eigenvalue weighted by Crippen LogP contribution is -2.42. The topological polar surface area (TPSA) is 42.0 Å². The van der Waals surface area contributed by atoms with Gasteiger partial charge in [-0.1, -0.05) is 6.07 Å². The van der Waals surface area contributed by atoms with Gasteiger partial charge in [0.15, 0.2) is 18.1 Å². The molecule has 1 aromatic rings. The number of methoxy groups -OCH3 is 1. The van der Waals surface area contributed by atoms with E-state index in [0.29, 0.717) is 18.9 Å². The van der Waals surface area contributed by atoms with Crippen LogP contribution in [-0.4, -0.2) is 67.8 Å². The fourth-order valence-corrected chi connectivity index (χ4v) is 4.16. The number of likely N-dealkylation sites (tertiary alicyclic amines) is 2. The summed E-state index contributed by atoms with van der Waals surface area (Å²) in [7, 11) is 1.39. The third-order valence-corrected chi connectivity index (χ3v) is 5.61. The summed E-state index contributed by atoms with van der Waals surface area (Å²) < 4.78 is 47.0. The largest absolute Gasteiger partial charge is 0.493 e. The fraction of sp³-hybridized carbons (Fsp3) is 0.667. The minimum atomic E-state index is -4.41. The molecule has 0 N–H and O–H groups in total. The molecule has 2 saturated heterocycles. The van der Waals surface area contributed by atoms with Crippen LogP contribution >= 0.6 is 0 Å². The first-order valence-corrected chi connectivity index (χ1v) is 10.2. The lowest BCUT2D eigenvalue weighted by atomic mass is 10.1. The van der Waals surface area contributed by atoms with Crippen LogP contribution in [0, 0.1) is 0 Å². The van der Waals surface area contributed by atoms with Crippen molar-refractivity contribution >= 4 is 5.91 Å². The predicted molar refractivity (Wildman–Crippen MR) is 103 cm³/mol. The van der Waals surface area contributed by atoms with Crippen LogP contribution in [0.4, 0.5) is 13.2 Å². The zero-order valence-corrected chi connectivity index (χ0v) is 16.8. The average molecular weight is 414 g/mol. The number of aryl methyl sites for hydroxylation is 1. The maximum atomic E-state index is 12.8. The molecule has 3 rings (SSSR count). The van der Waals surface area contributed by atoms with Crippen LogP contribution in [0.1, 0.15) is 37.7 Å². The monoisotopic (exact) mass is 414 g/mol. The van der Waals surface area contributed by atoms with Crippen LogP contribution in [0.3, 0.4) is 0 Å². The molecule has 162 valence electrons. The van der Waals surface area contributed by atoms with E-state index in [1.54, 1.807) is 12.1 Å². The molecule has 1 unspecified atom stereocenters. The van der Waals surface area contributed by atoms with E-state index in [0.717, 1.165) is 44.6 Å². The molecular formula is C21H29F3N2O3. The van der Waals surface area contributed by atoms with Gasteiger partial charge in [0, 0.05) is 25.6 Å².